The van der Waals surface area contributed by atoms with Crippen molar-refractivity contribution in [2.24, 2.45) is 0 Å². The molecule has 0 amide bonds. The zero-order valence-electron chi connectivity index (χ0n) is 10.8. The fraction of sp³-hybridized carbons (Fsp3) is 0.571. The van der Waals surface area contributed by atoms with Crippen molar-refractivity contribution in [3.8, 4) is 0 Å². The van der Waals surface area contributed by atoms with Crippen LogP contribution in [0.15, 0.2) is 18.2 Å². The van der Waals surface area contributed by atoms with Crippen molar-refractivity contribution in [3.63, 3.8) is 0 Å². The largest absolute Gasteiger partial charge is 0.313 e. The summed E-state index contributed by atoms with van der Waals surface area (Å²) < 4.78 is 13.7. The van der Waals surface area contributed by atoms with Gasteiger partial charge in [-0.2, -0.15) is 0 Å². The standard InChI is InChI=1S/C14H20ClFN2/c1-18(9-11-5-2-3-8-17-11)10-12-13(15)6-4-7-14(12)16/h4,6-7,11,17H,2-3,5,8-10H2,1H3. The number of nitrogens with zero attached hydrogens (tertiary/aromatic N) is 1. The average Bonchev–Trinajstić information content (AvgIpc) is 2.35. The van der Waals surface area contributed by atoms with Crippen LogP contribution in [0.5, 0.6) is 0 Å². The number of piperidine rings is 1. The van der Waals surface area contributed by atoms with Crippen LogP contribution < -0.4 is 5.32 Å². The van der Waals surface area contributed by atoms with E-state index >= 15 is 0 Å². The van der Waals surface area contributed by atoms with Gasteiger partial charge in [0.15, 0.2) is 0 Å². The Labute approximate surface area is 113 Å². The van der Waals surface area contributed by atoms with E-state index in [1.165, 1.54) is 25.3 Å². The van der Waals surface area contributed by atoms with Crippen molar-refractivity contribution >= 4 is 11.6 Å². The Morgan fingerprint density at radius 1 is 1.44 bits per heavy atom. The molecule has 1 aromatic carbocycles. The van der Waals surface area contributed by atoms with Gasteiger partial charge in [-0.3, -0.25) is 0 Å². The minimum Gasteiger partial charge on any atom is -0.313 e. The van der Waals surface area contributed by atoms with Gasteiger partial charge in [-0.1, -0.05) is 24.1 Å². The lowest BCUT2D eigenvalue weighted by atomic mass is 10.0. The summed E-state index contributed by atoms with van der Waals surface area (Å²) in [6.07, 6.45) is 3.75. The van der Waals surface area contributed by atoms with Crippen molar-refractivity contribution in [1.82, 2.24) is 10.2 Å². The zero-order chi connectivity index (χ0) is 13.0. The summed E-state index contributed by atoms with van der Waals surface area (Å²) in [4.78, 5) is 2.13. The molecule has 1 heterocycles. The number of benzene rings is 1. The summed E-state index contributed by atoms with van der Waals surface area (Å²) >= 11 is 6.03. The molecular weight excluding hydrogens is 251 g/mol. The Balaban J connectivity index is 1.92. The van der Waals surface area contributed by atoms with E-state index in [1.807, 2.05) is 7.05 Å². The van der Waals surface area contributed by atoms with Gasteiger partial charge in [0.1, 0.15) is 5.82 Å². The Morgan fingerprint density at radius 2 is 2.28 bits per heavy atom. The van der Waals surface area contributed by atoms with Crippen LogP contribution in [0.4, 0.5) is 4.39 Å². The molecule has 2 rings (SSSR count). The summed E-state index contributed by atoms with van der Waals surface area (Å²) in [6, 6.07) is 5.37. The Bertz CT molecular complexity index is 371. The predicted octanol–water partition coefficient (Wildman–Crippen LogP) is 3.05. The number of halogens is 2. The van der Waals surface area contributed by atoms with Gasteiger partial charge in [0, 0.05) is 29.7 Å². The van der Waals surface area contributed by atoms with E-state index in [1.54, 1.807) is 12.1 Å². The molecule has 1 aliphatic rings. The number of hydrogen-bond donors (Lipinski definition) is 1. The van der Waals surface area contributed by atoms with Gasteiger partial charge in [-0.25, -0.2) is 4.39 Å². The molecule has 0 aliphatic carbocycles. The fourth-order valence-electron chi connectivity index (χ4n) is 2.47. The second-order valence-electron chi connectivity index (χ2n) is 5.04. The third kappa shape index (κ3) is 3.67. The van der Waals surface area contributed by atoms with Crippen LogP contribution in [0.2, 0.25) is 5.02 Å². The molecule has 4 heteroatoms. The molecule has 100 valence electrons. The van der Waals surface area contributed by atoms with Crippen molar-refractivity contribution in [2.45, 2.75) is 31.8 Å². The lowest BCUT2D eigenvalue weighted by molar-refractivity contribution is 0.254. The molecule has 1 saturated heterocycles. The molecule has 1 unspecified atom stereocenters. The maximum absolute atomic E-state index is 13.7. The highest BCUT2D eigenvalue weighted by Crippen LogP contribution is 2.20. The number of nitrogens with one attached hydrogen (secondary N) is 1. The van der Waals surface area contributed by atoms with Crippen LogP contribution in [0.3, 0.4) is 0 Å². The average molecular weight is 271 g/mol. The first-order valence-corrected chi connectivity index (χ1v) is 6.89. The van der Waals surface area contributed by atoms with E-state index in [9.17, 15) is 4.39 Å². The normalized spacial score (nSPS) is 20.3. The van der Waals surface area contributed by atoms with Crippen molar-refractivity contribution in [3.05, 3.63) is 34.6 Å². The summed E-state index contributed by atoms with van der Waals surface area (Å²) in [5.41, 5.74) is 0.595. The smallest absolute Gasteiger partial charge is 0.129 e. The van der Waals surface area contributed by atoms with Gasteiger partial charge in [-0.15, -0.1) is 0 Å². The molecule has 0 saturated carbocycles. The maximum Gasteiger partial charge on any atom is 0.129 e. The van der Waals surface area contributed by atoms with Gasteiger partial charge in [0.2, 0.25) is 0 Å². The summed E-state index contributed by atoms with van der Waals surface area (Å²) in [5.74, 6) is -0.217. The topological polar surface area (TPSA) is 15.3 Å². The number of likely N-dealkylation sites (N-methyl/N-ethyl adjacent to an activating group) is 1. The van der Waals surface area contributed by atoms with E-state index in [0.717, 1.165) is 13.1 Å². The molecule has 1 atom stereocenters. The Kier molecular flexibility index (Phi) is 4.98. The van der Waals surface area contributed by atoms with Crippen molar-refractivity contribution in [1.29, 1.82) is 0 Å². The third-order valence-electron chi connectivity index (χ3n) is 3.43. The molecule has 1 fully saturated rings. The van der Waals surface area contributed by atoms with Gasteiger partial charge >= 0.3 is 0 Å². The van der Waals surface area contributed by atoms with E-state index in [0.29, 0.717) is 23.2 Å². The minimum atomic E-state index is -0.217. The van der Waals surface area contributed by atoms with Gasteiger partial charge in [0.05, 0.1) is 0 Å². The highest BCUT2D eigenvalue weighted by atomic mass is 35.5. The second kappa shape index (κ2) is 6.50. The second-order valence-corrected chi connectivity index (χ2v) is 5.45. The summed E-state index contributed by atoms with van der Waals surface area (Å²) in [7, 11) is 2.01. The monoisotopic (exact) mass is 270 g/mol. The van der Waals surface area contributed by atoms with Gasteiger partial charge in [0.25, 0.3) is 0 Å². The molecular formula is C14H20ClFN2. The quantitative estimate of drug-likeness (QED) is 0.905. The zero-order valence-corrected chi connectivity index (χ0v) is 11.5. The van der Waals surface area contributed by atoms with E-state index in [2.05, 4.69) is 10.2 Å². The first-order chi connectivity index (χ1) is 8.66. The van der Waals surface area contributed by atoms with Crippen LogP contribution in [-0.4, -0.2) is 31.1 Å². The highest BCUT2D eigenvalue weighted by Gasteiger charge is 2.16. The van der Waals surface area contributed by atoms with Gasteiger partial charge in [-0.05, 0) is 38.6 Å². The predicted molar refractivity (Wildman–Crippen MR) is 73.4 cm³/mol. The maximum atomic E-state index is 13.7. The molecule has 1 aliphatic heterocycles. The van der Waals surface area contributed by atoms with Crippen molar-refractivity contribution < 1.29 is 4.39 Å². The molecule has 0 aromatic heterocycles. The minimum absolute atomic E-state index is 0.217. The lowest BCUT2D eigenvalue weighted by Crippen LogP contribution is -2.42. The summed E-state index contributed by atoms with van der Waals surface area (Å²) in [5, 5.41) is 4.01. The van der Waals surface area contributed by atoms with Crippen LogP contribution in [0, 0.1) is 5.82 Å². The van der Waals surface area contributed by atoms with Crippen LogP contribution in [-0.2, 0) is 6.54 Å². The van der Waals surface area contributed by atoms with Gasteiger partial charge < -0.3 is 10.2 Å². The first-order valence-electron chi connectivity index (χ1n) is 6.51. The molecule has 0 spiro atoms. The van der Waals surface area contributed by atoms with Crippen molar-refractivity contribution in [2.75, 3.05) is 20.1 Å². The van der Waals surface area contributed by atoms with Crippen LogP contribution in [0.25, 0.3) is 0 Å². The highest BCUT2D eigenvalue weighted by molar-refractivity contribution is 6.31. The molecule has 0 radical (unpaired) electrons. The lowest BCUT2D eigenvalue weighted by Gasteiger charge is -2.28. The van der Waals surface area contributed by atoms with Crippen LogP contribution >= 0.6 is 11.6 Å². The van der Waals surface area contributed by atoms with E-state index < -0.39 is 0 Å². The number of rotatable bonds is 4. The molecule has 1 aromatic rings. The fourth-order valence-corrected chi connectivity index (χ4v) is 2.70. The van der Waals surface area contributed by atoms with E-state index in [4.69, 9.17) is 11.6 Å². The number of hydrogen-bond acceptors (Lipinski definition) is 2. The molecule has 18 heavy (non-hydrogen) atoms. The van der Waals surface area contributed by atoms with Crippen LogP contribution in [0.1, 0.15) is 24.8 Å². The molecule has 2 nitrogen and oxygen atoms in total. The molecule has 0 bridgehead atoms. The summed E-state index contributed by atoms with van der Waals surface area (Å²) in [6.45, 7) is 2.59. The first kappa shape index (κ1) is 13.8. The SMILES string of the molecule is CN(Cc1c(F)cccc1Cl)CC1CCCCN1. The third-order valence-corrected chi connectivity index (χ3v) is 3.79. The Hall–Kier alpha value is -0.640. The Morgan fingerprint density at radius 3 is 2.94 bits per heavy atom. The molecule has 1 N–H and O–H groups in total. The van der Waals surface area contributed by atoms with E-state index in [-0.39, 0.29) is 5.82 Å².